The molecule has 1 aliphatic rings. The quantitative estimate of drug-likeness (QED) is 0.228. The summed E-state index contributed by atoms with van der Waals surface area (Å²) in [5.41, 5.74) is 11.1. The maximum atomic E-state index is 12.6. The van der Waals surface area contributed by atoms with Gasteiger partial charge < -0.3 is 15.0 Å². The Balaban J connectivity index is 0.00000370. The molecule has 3 aromatic carbocycles. The van der Waals surface area contributed by atoms with Gasteiger partial charge in [0.25, 0.3) is 0 Å². The Labute approximate surface area is 243 Å². The summed E-state index contributed by atoms with van der Waals surface area (Å²) in [5.74, 6) is -0.228. The van der Waals surface area contributed by atoms with E-state index in [4.69, 9.17) is 17.3 Å². The number of piperazine rings is 1. The van der Waals surface area contributed by atoms with Gasteiger partial charge in [0.05, 0.1) is 0 Å². The number of aryl methyl sites for hydroxylation is 1. The van der Waals surface area contributed by atoms with Crippen LogP contribution in [-0.2, 0) is 19.6 Å². The minimum atomic E-state index is -4.71. The minimum absolute atomic E-state index is 0. The van der Waals surface area contributed by atoms with E-state index in [9.17, 15) is 13.2 Å². The third-order valence-corrected chi connectivity index (χ3v) is 7.35. The van der Waals surface area contributed by atoms with Gasteiger partial charge in [-0.1, -0.05) is 41.9 Å². The average molecular weight is 594 g/mol. The van der Waals surface area contributed by atoms with Gasteiger partial charge in [-0.15, -0.1) is 25.6 Å². The number of ether oxygens (including phenoxy) is 1. The topological polar surface area (TPSA) is 46.7 Å². The molecule has 2 N–H and O–H groups in total. The Kier molecular flexibility index (Phi) is 10.0. The molecule has 10 heteroatoms. The van der Waals surface area contributed by atoms with Crippen molar-refractivity contribution in [3.8, 4) is 16.9 Å². The van der Waals surface area contributed by atoms with E-state index in [1.807, 2.05) is 18.2 Å². The zero-order valence-corrected chi connectivity index (χ0v) is 23.6. The summed E-state index contributed by atoms with van der Waals surface area (Å²) in [5, 5.41) is 1.84. The lowest BCUT2D eigenvalue weighted by molar-refractivity contribution is -0.274. The zero-order valence-electron chi connectivity index (χ0n) is 22.0. The predicted molar refractivity (Wildman–Crippen MR) is 157 cm³/mol. The Morgan fingerprint density at radius 2 is 1.50 bits per heavy atom. The minimum Gasteiger partial charge on any atom is -0.406 e. The summed E-state index contributed by atoms with van der Waals surface area (Å²) in [6.07, 6.45) is -1.81. The SMILES string of the molecule is Cl.NCCCn1cc(-c2ccc(OC(F)(F)F)cc2)c2cc(CN3CCN(Cc4cccc(Cl)c4)CC3)ccc21. The summed E-state index contributed by atoms with van der Waals surface area (Å²) in [7, 11) is 0. The van der Waals surface area contributed by atoms with Crippen LogP contribution in [0.25, 0.3) is 22.0 Å². The molecule has 0 bridgehead atoms. The van der Waals surface area contributed by atoms with Gasteiger partial charge in [0.15, 0.2) is 0 Å². The standard InChI is InChI=1S/C30H32ClF3N4O.ClH/c31-25-4-1-3-22(17-25)19-36-13-15-37(16-14-36)20-23-5-10-29-27(18-23)28(21-38(29)12-2-11-35)24-6-8-26(9-7-24)39-30(32,33)34;/h1,3-10,17-18,21H,2,11-16,19-20,35H2;1H. The lowest BCUT2D eigenvalue weighted by Crippen LogP contribution is -2.45. The predicted octanol–water partition coefficient (Wildman–Crippen LogP) is 6.95. The van der Waals surface area contributed by atoms with Crippen LogP contribution in [0.15, 0.2) is 72.9 Å². The fourth-order valence-electron chi connectivity index (χ4n) is 5.21. The van der Waals surface area contributed by atoms with Gasteiger partial charge in [0, 0.05) is 73.5 Å². The Hall–Kier alpha value is -2.75. The molecular formula is C30H33Cl2F3N4O. The smallest absolute Gasteiger partial charge is 0.406 e. The molecule has 0 amide bonds. The Morgan fingerprint density at radius 1 is 0.850 bits per heavy atom. The summed E-state index contributed by atoms with van der Waals surface area (Å²) >= 11 is 6.14. The van der Waals surface area contributed by atoms with E-state index in [2.05, 4.69) is 49.6 Å². The van der Waals surface area contributed by atoms with Crippen molar-refractivity contribution in [2.24, 2.45) is 5.73 Å². The molecule has 0 unspecified atom stereocenters. The van der Waals surface area contributed by atoms with Gasteiger partial charge in [-0.05, 0) is 66.1 Å². The van der Waals surface area contributed by atoms with Crippen molar-refractivity contribution in [1.82, 2.24) is 14.4 Å². The average Bonchev–Trinajstić information content (AvgIpc) is 3.26. The van der Waals surface area contributed by atoms with Gasteiger partial charge in [0.2, 0.25) is 0 Å². The van der Waals surface area contributed by atoms with Crippen LogP contribution in [0.1, 0.15) is 17.5 Å². The van der Waals surface area contributed by atoms with Crippen molar-refractivity contribution in [2.45, 2.75) is 32.4 Å². The molecule has 0 atom stereocenters. The maximum absolute atomic E-state index is 12.6. The highest BCUT2D eigenvalue weighted by molar-refractivity contribution is 6.30. The van der Waals surface area contributed by atoms with Crippen LogP contribution in [-0.4, -0.2) is 53.5 Å². The number of aromatic nitrogens is 1. The molecule has 0 radical (unpaired) electrons. The van der Waals surface area contributed by atoms with E-state index in [0.717, 1.165) is 79.3 Å². The lowest BCUT2D eigenvalue weighted by atomic mass is 10.0. The highest BCUT2D eigenvalue weighted by Gasteiger charge is 2.31. The molecule has 1 fully saturated rings. The molecule has 2 heterocycles. The number of rotatable bonds is 9. The van der Waals surface area contributed by atoms with Crippen molar-refractivity contribution in [3.63, 3.8) is 0 Å². The number of nitrogens with two attached hydrogens (primary N) is 1. The molecule has 5 rings (SSSR count). The van der Waals surface area contributed by atoms with Crippen LogP contribution < -0.4 is 10.5 Å². The fraction of sp³-hybridized carbons (Fsp3) is 0.333. The number of alkyl halides is 3. The van der Waals surface area contributed by atoms with Crippen LogP contribution in [0.4, 0.5) is 13.2 Å². The number of hydrogen-bond donors (Lipinski definition) is 1. The molecule has 214 valence electrons. The van der Waals surface area contributed by atoms with Crippen molar-refractivity contribution in [2.75, 3.05) is 32.7 Å². The number of fused-ring (bicyclic) bond motifs is 1. The monoisotopic (exact) mass is 592 g/mol. The molecule has 4 aromatic rings. The van der Waals surface area contributed by atoms with Crippen LogP contribution in [0.2, 0.25) is 5.02 Å². The normalized spacial score (nSPS) is 14.8. The molecule has 5 nitrogen and oxygen atoms in total. The molecule has 0 saturated carbocycles. The molecular weight excluding hydrogens is 560 g/mol. The number of hydrogen-bond acceptors (Lipinski definition) is 4. The first-order valence-corrected chi connectivity index (χ1v) is 13.5. The van der Waals surface area contributed by atoms with Gasteiger partial charge in [-0.3, -0.25) is 9.80 Å². The third-order valence-electron chi connectivity index (χ3n) is 7.11. The number of benzene rings is 3. The summed E-state index contributed by atoms with van der Waals surface area (Å²) in [6.45, 7) is 7.02. The van der Waals surface area contributed by atoms with E-state index < -0.39 is 6.36 Å². The first-order valence-electron chi connectivity index (χ1n) is 13.1. The van der Waals surface area contributed by atoms with Crippen molar-refractivity contribution in [3.05, 3.63) is 89.1 Å². The Morgan fingerprint density at radius 3 is 2.10 bits per heavy atom. The fourth-order valence-corrected chi connectivity index (χ4v) is 5.43. The highest BCUT2D eigenvalue weighted by atomic mass is 35.5. The van der Waals surface area contributed by atoms with Gasteiger partial charge in [-0.25, -0.2) is 0 Å². The van der Waals surface area contributed by atoms with E-state index in [-0.39, 0.29) is 18.2 Å². The molecule has 1 saturated heterocycles. The van der Waals surface area contributed by atoms with Crippen LogP contribution >= 0.6 is 24.0 Å². The second-order valence-corrected chi connectivity index (χ2v) is 10.4. The maximum Gasteiger partial charge on any atom is 0.573 e. The molecule has 0 spiro atoms. The molecule has 1 aromatic heterocycles. The highest BCUT2D eigenvalue weighted by Crippen LogP contribution is 2.34. The van der Waals surface area contributed by atoms with Crippen LogP contribution in [0, 0.1) is 0 Å². The van der Waals surface area contributed by atoms with Crippen molar-refractivity contribution >= 4 is 34.9 Å². The van der Waals surface area contributed by atoms with Gasteiger partial charge >= 0.3 is 6.36 Å². The van der Waals surface area contributed by atoms with E-state index in [0.29, 0.717) is 6.54 Å². The van der Waals surface area contributed by atoms with Gasteiger partial charge in [-0.2, -0.15) is 0 Å². The first-order chi connectivity index (χ1) is 18.8. The van der Waals surface area contributed by atoms with Crippen molar-refractivity contribution in [1.29, 1.82) is 0 Å². The summed E-state index contributed by atoms with van der Waals surface area (Å²) < 4.78 is 44.1. The third kappa shape index (κ3) is 7.71. The van der Waals surface area contributed by atoms with Gasteiger partial charge in [0.1, 0.15) is 5.75 Å². The van der Waals surface area contributed by atoms with Crippen LogP contribution in [0.3, 0.4) is 0 Å². The molecule has 0 aliphatic carbocycles. The van der Waals surface area contributed by atoms with Crippen LogP contribution in [0.5, 0.6) is 5.75 Å². The summed E-state index contributed by atoms with van der Waals surface area (Å²) in [6, 6.07) is 20.6. The van der Waals surface area contributed by atoms with E-state index >= 15 is 0 Å². The van der Waals surface area contributed by atoms with E-state index in [1.165, 1.54) is 23.3 Å². The number of nitrogens with zero attached hydrogens (tertiary/aromatic N) is 3. The largest absolute Gasteiger partial charge is 0.573 e. The number of halogens is 5. The zero-order chi connectivity index (χ0) is 27.4. The lowest BCUT2D eigenvalue weighted by Gasteiger charge is -2.34. The van der Waals surface area contributed by atoms with E-state index in [1.54, 1.807) is 12.1 Å². The second-order valence-electron chi connectivity index (χ2n) is 9.98. The summed E-state index contributed by atoms with van der Waals surface area (Å²) in [4.78, 5) is 4.91. The second kappa shape index (κ2) is 13.3. The van der Waals surface area contributed by atoms with Crippen molar-refractivity contribution < 1.29 is 17.9 Å². The Bertz CT molecular complexity index is 1400. The molecule has 1 aliphatic heterocycles. The first kappa shape index (κ1) is 30.2. The molecule has 40 heavy (non-hydrogen) atoms.